The zero-order valence-electron chi connectivity index (χ0n) is 9.15. The van der Waals surface area contributed by atoms with Crippen LogP contribution in [0.1, 0.15) is 0 Å². The highest BCUT2D eigenvalue weighted by molar-refractivity contribution is 5.61. The first-order valence-electron chi connectivity index (χ1n) is 5.05. The van der Waals surface area contributed by atoms with E-state index in [0.29, 0.717) is 13.1 Å². The van der Waals surface area contributed by atoms with Gasteiger partial charge < -0.3 is 5.32 Å². The lowest BCUT2D eigenvalue weighted by molar-refractivity contribution is -0.384. The average Bonchev–Trinajstić information content (AvgIpc) is 2.84. The van der Waals surface area contributed by atoms with Gasteiger partial charge in [-0.15, -0.1) is 10.2 Å². The predicted octanol–water partition coefficient (Wildman–Crippen LogP) is 0.832. The zero-order valence-corrected chi connectivity index (χ0v) is 9.15. The second kappa shape index (κ2) is 5.17. The van der Waals surface area contributed by atoms with Gasteiger partial charge in [-0.05, 0) is 17.3 Å². The number of halogens is 1. The van der Waals surface area contributed by atoms with E-state index < -0.39 is 10.7 Å². The number of nitrogens with zero attached hydrogens (tertiary/aromatic N) is 5. The number of anilines is 1. The van der Waals surface area contributed by atoms with Crippen molar-refractivity contribution in [2.45, 2.75) is 6.54 Å². The number of hydrogen-bond acceptors (Lipinski definition) is 6. The fourth-order valence-corrected chi connectivity index (χ4v) is 1.39. The maximum absolute atomic E-state index is 12.9. The third-order valence-corrected chi connectivity index (χ3v) is 2.18. The predicted molar refractivity (Wildman–Crippen MR) is 59.4 cm³/mol. The minimum atomic E-state index is -0.648. The Hall–Kier alpha value is -2.58. The van der Waals surface area contributed by atoms with Crippen molar-refractivity contribution in [1.82, 2.24) is 20.2 Å². The number of hydrogen-bond donors (Lipinski definition) is 1. The minimum Gasteiger partial charge on any atom is -0.378 e. The molecular weight excluding hydrogens is 243 g/mol. The molecule has 0 aliphatic rings. The Bertz CT molecular complexity index is 544. The highest BCUT2D eigenvalue weighted by atomic mass is 19.1. The molecule has 1 N–H and O–H groups in total. The molecule has 0 atom stereocenters. The van der Waals surface area contributed by atoms with E-state index in [9.17, 15) is 14.5 Å². The third-order valence-electron chi connectivity index (χ3n) is 2.18. The molecular formula is C9H9FN6O2. The Morgan fingerprint density at radius 3 is 3.00 bits per heavy atom. The van der Waals surface area contributed by atoms with Crippen molar-refractivity contribution in [3.63, 3.8) is 0 Å². The minimum absolute atomic E-state index is 0.251. The Labute approximate surface area is 101 Å². The van der Waals surface area contributed by atoms with Crippen LogP contribution in [0.15, 0.2) is 24.5 Å². The molecule has 1 heterocycles. The van der Waals surface area contributed by atoms with Crippen LogP contribution in [0.25, 0.3) is 0 Å². The first kappa shape index (κ1) is 11.9. The van der Waals surface area contributed by atoms with Gasteiger partial charge >= 0.3 is 0 Å². The van der Waals surface area contributed by atoms with E-state index in [1.54, 1.807) is 0 Å². The number of benzene rings is 1. The Morgan fingerprint density at radius 2 is 2.33 bits per heavy atom. The smallest absolute Gasteiger partial charge is 0.295 e. The van der Waals surface area contributed by atoms with Crippen LogP contribution in [-0.4, -0.2) is 31.7 Å². The molecule has 0 saturated carbocycles. The van der Waals surface area contributed by atoms with Crippen LogP contribution in [0.3, 0.4) is 0 Å². The van der Waals surface area contributed by atoms with E-state index in [-0.39, 0.29) is 11.4 Å². The molecule has 0 unspecified atom stereocenters. The largest absolute Gasteiger partial charge is 0.378 e. The summed E-state index contributed by atoms with van der Waals surface area (Å²) in [5.74, 6) is -0.648. The van der Waals surface area contributed by atoms with E-state index in [2.05, 4.69) is 20.7 Å². The fraction of sp³-hybridized carbons (Fsp3) is 0.222. The molecule has 0 aliphatic heterocycles. The SMILES string of the molecule is O=[N+]([O-])c1cc(F)ccc1NCCn1ncnn1. The summed E-state index contributed by atoms with van der Waals surface area (Å²) in [6.07, 6.45) is 1.29. The van der Waals surface area contributed by atoms with Crippen molar-refractivity contribution in [2.24, 2.45) is 0 Å². The highest BCUT2D eigenvalue weighted by Gasteiger charge is 2.14. The molecule has 0 spiro atoms. The summed E-state index contributed by atoms with van der Waals surface area (Å²) >= 11 is 0. The van der Waals surface area contributed by atoms with Crippen LogP contribution in [0.2, 0.25) is 0 Å². The van der Waals surface area contributed by atoms with Crippen LogP contribution in [0, 0.1) is 15.9 Å². The van der Waals surface area contributed by atoms with Gasteiger partial charge in [-0.1, -0.05) is 0 Å². The van der Waals surface area contributed by atoms with E-state index in [0.717, 1.165) is 12.1 Å². The second-order valence-electron chi connectivity index (χ2n) is 3.38. The molecule has 8 nitrogen and oxygen atoms in total. The lowest BCUT2D eigenvalue weighted by Gasteiger charge is -2.06. The van der Waals surface area contributed by atoms with Gasteiger partial charge in [0.15, 0.2) is 6.33 Å². The monoisotopic (exact) mass is 252 g/mol. The molecule has 94 valence electrons. The Balaban J connectivity index is 2.02. The summed E-state index contributed by atoms with van der Waals surface area (Å²) in [6.45, 7) is 0.761. The van der Waals surface area contributed by atoms with Gasteiger partial charge in [-0.3, -0.25) is 10.1 Å². The molecule has 1 aromatic carbocycles. The third kappa shape index (κ3) is 2.75. The van der Waals surface area contributed by atoms with Crippen molar-refractivity contribution in [3.8, 4) is 0 Å². The molecule has 18 heavy (non-hydrogen) atoms. The normalized spacial score (nSPS) is 10.3. The van der Waals surface area contributed by atoms with Crippen molar-refractivity contribution < 1.29 is 9.31 Å². The van der Waals surface area contributed by atoms with E-state index in [1.165, 1.54) is 17.2 Å². The molecule has 0 aliphatic carbocycles. The summed E-state index contributed by atoms with van der Waals surface area (Å²) in [5, 5.41) is 24.5. The Kier molecular flexibility index (Phi) is 3.41. The molecule has 1 aromatic heterocycles. The van der Waals surface area contributed by atoms with Gasteiger partial charge in [-0.25, -0.2) is 4.39 Å². The summed E-state index contributed by atoms with van der Waals surface area (Å²) in [7, 11) is 0. The van der Waals surface area contributed by atoms with Crippen LogP contribution in [-0.2, 0) is 6.54 Å². The number of aromatic nitrogens is 4. The summed E-state index contributed by atoms with van der Waals surface area (Å²) in [5.41, 5.74) is -0.0527. The molecule has 2 aromatic rings. The topological polar surface area (TPSA) is 98.8 Å². The van der Waals surface area contributed by atoms with Crippen LogP contribution in [0.4, 0.5) is 15.8 Å². The maximum Gasteiger partial charge on any atom is 0.295 e. The lowest BCUT2D eigenvalue weighted by Crippen LogP contribution is -2.13. The van der Waals surface area contributed by atoms with Crippen LogP contribution in [0.5, 0.6) is 0 Å². The van der Waals surface area contributed by atoms with E-state index in [4.69, 9.17) is 0 Å². The van der Waals surface area contributed by atoms with E-state index in [1.807, 2.05) is 0 Å². The number of nitrogens with one attached hydrogen (secondary N) is 1. The number of nitro benzene ring substituents is 1. The number of tetrazole rings is 1. The van der Waals surface area contributed by atoms with Crippen molar-refractivity contribution in [3.05, 3.63) is 40.5 Å². The Morgan fingerprint density at radius 1 is 1.50 bits per heavy atom. The lowest BCUT2D eigenvalue weighted by atomic mass is 10.2. The average molecular weight is 252 g/mol. The van der Waals surface area contributed by atoms with E-state index >= 15 is 0 Å². The number of rotatable bonds is 5. The van der Waals surface area contributed by atoms with Gasteiger partial charge in [0.2, 0.25) is 0 Å². The molecule has 0 amide bonds. The highest BCUT2D eigenvalue weighted by Crippen LogP contribution is 2.24. The zero-order chi connectivity index (χ0) is 13.0. The van der Waals surface area contributed by atoms with Crippen molar-refractivity contribution >= 4 is 11.4 Å². The summed E-state index contributed by atoms with van der Waals surface area (Å²) < 4.78 is 12.9. The van der Waals surface area contributed by atoms with Crippen LogP contribution < -0.4 is 5.32 Å². The maximum atomic E-state index is 12.9. The standard InChI is InChI=1S/C9H9FN6O2/c10-7-1-2-8(9(5-7)16(17)18)11-3-4-15-13-6-12-14-15/h1-2,5-6,11H,3-4H2. The fourth-order valence-electron chi connectivity index (χ4n) is 1.39. The molecule has 0 saturated heterocycles. The first-order chi connectivity index (χ1) is 8.66. The van der Waals surface area contributed by atoms with Crippen molar-refractivity contribution in [1.29, 1.82) is 0 Å². The molecule has 0 radical (unpaired) electrons. The number of nitro groups is 1. The molecule has 2 rings (SSSR count). The van der Waals surface area contributed by atoms with Gasteiger partial charge in [0.1, 0.15) is 11.5 Å². The van der Waals surface area contributed by atoms with Gasteiger partial charge in [-0.2, -0.15) is 4.80 Å². The molecule has 9 heteroatoms. The first-order valence-corrected chi connectivity index (χ1v) is 5.05. The quantitative estimate of drug-likeness (QED) is 0.625. The molecule has 0 fully saturated rings. The van der Waals surface area contributed by atoms with Gasteiger partial charge in [0.25, 0.3) is 5.69 Å². The van der Waals surface area contributed by atoms with Gasteiger partial charge in [0.05, 0.1) is 17.5 Å². The molecule has 0 bridgehead atoms. The van der Waals surface area contributed by atoms with Crippen molar-refractivity contribution in [2.75, 3.05) is 11.9 Å². The second-order valence-corrected chi connectivity index (χ2v) is 3.38. The van der Waals surface area contributed by atoms with Crippen LogP contribution >= 0.6 is 0 Å². The summed E-state index contributed by atoms with van der Waals surface area (Å²) in [6, 6.07) is 3.35. The van der Waals surface area contributed by atoms with Gasteiger partial charge in [0, 0.05) is 6.54 Å². The summed E-state index contributed by atoms with van der Waals surface area (Å²) in [4.78, 5) is 11.4.